The van der Waals surface area contributed by atoms with Crippen molar-refractivity contribution in [3.63, 3.8) is 0 Å². The summed E-state index contributed by atoms with van der Waals surface area (Å²) in [7, 11) is 0. The molecule has 1 aliphatic rings. The standard InChI is InChI=1S/C8H10N2O3/c11-8(12)7-9-3-6(10-7)5-1-2-13-4-5/h3,5H,1-2,4H2,(H,9,10)(H,11,12). The molecule has 1 aromatic heterocycles. The van der Waals surface area contributed by atoms with Crippen molar-refractivity contribution in [2.75, 3.05) is 13.2 Å². The average Bonchev–Trinajstić information content (AvgIpc) is 2.75. The van der Waals surface area contributed by atoms with Crippen molar-refractivity contribution in [1.29, 1.82) is 0 Å². The Morgan fingerprint density at radius 2 is 2.62 bits per heavy atom. The smallest absolute Gasteiger partial charge is 0.371 e. The molecular weight excluding hydrogens is 172 g/mol. The number of H-pyrrole nitrogens is 1. The molecule has 13 heavy (non-hydrogen) atoms. The fraction of sp³-hybridized carbons (Fsp3) is 0.500. The maximum Gasteiger partial charge on any atom is 0.371 e. The molecule has 5 nitrogen and oxygen atoms in total. The molecule has 1 aliphatic heterocycles. The summed E-state index contributed by atoms with van der Waals surface area (Å²) in [5.74, 6) is -0.743. The van der Waals surface area contributed by atoms with E-state index < -0.39 is 5.97 Å². The van der Waals surface area contributed by atoms with Crippen molar-refractivity contribution in [3.8, 4) is 0 Å². The van der Waals surface area contributed by atoms with Crippen LogP contribution in [0.3, 0.4) is 0 Å². The molecule has 1 unspecified atom stereocenters. The Morgan fingerprint density at radius 3 is 3.15 bits per heavy atom. The van der Waals surface area contributed by atoms with Gasteiger partial charge in [0.05, 0.1) is 6.61 Å². The highest BCUT2D eigenvalue weighted by Gasteiger charge is 2.20. The molecule has 0 amide bonds. The Kier molecular flexibility index (Phi) is 2.02. The molecule has 0 aliphatic carbocycles. The molecule has 1 atom stereocenters. The Balaban J connectivity index is 2.16. The van der Waals surface area contributed by atoms with E-state index in [9.17, 15) is 4.79 Å². The van der Waals surface area contributed by atoms with E-state index in [0.717, 1.165) is 18.7 Å². The lowest BCUT2D eigenvalue weighted by Gasteiger charge is -2.01. The van der Waals surface area contributed by atoms with Gasteiger partial charge in [0.25, 0.3) is 0 Å². The molecular formula is C8H10N2O3. The molecule has 2 heterocycles. The zero-order chi connectivity index (χ0) is 9.26. The molecule has 0 bridgehead atoms. The van der Waals surface area contributed by atoms with Crippen LogP contribution < -0.4 is 0 Å². The molecule has 2 N–H and O–H groups in total. The second kappa shape index (κ2) is 3.18. The first kappa shape index (κ1) is 8.25. The fourth-order valence-electron chi connectivity index (χ4n) is 1.43. The molecule has 5 heteroatoms. The van der Waals surface area contributed by atoms with E-state index in [1.807, 2.05) is 0 Å². The van der Waals surface area contributed by atoms with Crippen LogP contribution in [0.25, 0.3) is 0 Å². The summed E-state index contributed by atoms with van der Waals surface area (Å²) in [5, 5.41) is 8.62. The maximum atomic E-state index is 10.5. The van der Waals surface area contributed by atoms with E-state index in [1.165, 1.54) is 0 Å². The number of nitrogens with zero attached hydrogens (tertiary/aromatic N) is 1. The van der Waals surface area contributed by atoms with Crippen molar-refractivity contribution >= 4 is 5.97 Å². The summed E-state index contributed by atoms with van der Waals surface area (Å²) in [4.78, 5) is 17.0. The van der Waals surface area contributed by atoms with Crippen molar-refractivity contribution in [3.05, 3.63) is 17.7 Å². The second-order valence-corrected chi connectivity index (χ2v) is 3.05. The van der Waals surface area contributed by atoms with E-state index in [0.29, 0.717) is 6.61 Å². The van der Waals surface area contributed by atoms with Gasteiger partial charge in [0.15, 0.2) is 0 Å². The van der Waals surface area contributed by atoms with Crippen LogP contribution in [-0.2, 0) is 4.74 Å². The number of hydrogen-bond donors (Lipinski definition) is 2. The van der Waals surface area contributed by atoms with Crippen LogP contribution in [0.4, 0.5) is 0 Å². The van der Waals surface area contributed by atoms with Gasteiger partial charge in [-0.25, -0.2) is 9.78 Å². The zero-order valence-electron chi connectivity index (χ0n) is 6.99. The molecule has 2 rings (SSSR count). The number of hydrogen-bond acceptors (Lipinski definition) is 3. The van der Waals surface area contributed by atoms with E-state index in [-0.39, 0.29) is 11.7 Å². The van der Waals surface area contributed by atoms with E-state index >= 15 is 0 Å². The van der Waals surface area contributed by atoms with Gasteiger partial charge in [-0.2, -0.15) is 0 Å². The summed E-state index contributed by atoms with van der Waals surface area (Å²) >= 11 is 0. The molecule has 0 spiro atoms. The van der Waals surface area contributed by atoms with Gasteiger partial charge in [0.1, 0.15) is 0 Å². The summed E-state index contributed by atoms with van der Waals surface area (Å²) < 4.78 is 5.19. The number of aromatic carboxylic acids is 1. The topological polar surface area (TPSA) is 75.2 Å². The normalized spacial score (nSPS) is 22.0. The van der Waals surface area contributed by atoms with Crippen LogP contribution >= 0.6 is 0 Å². The number of rotatable bonds is 2. The van der Waals surface area contributed by atoms with Gasteiger partial charge >= 0.3 is 5.97 Å². The van der Waals surface area contributed by atoms with Gasteiger partial charge in [-0.1, -0.05) is 0 Å². The highest BCUT2D eigenvalue weighted by atomic mass is 16.5. The molecule has 0 aromatic carbocycles. The number of carbonyl (C=O) groups is 1. The zero-order valence-corrected chi connectivity index (χ0v) is 6.99. The van der Waals surface area contributed by atoms with Gasteiger partial charge in [0.2, 0.25) is 5.82 Å². The van der Waals surface area contributed by atoms with Crippen molar-refractivity contribution in [1.82, 2.24) is 9.97 Å². The lowest BCUT2D eigenvalue weighted by atomic mass is 10.1. The number of aromatic amines is 1. The van der Waals surface area contributed by atoms with E-state index in [2.05, 4.69) is 9.97 Å². The minimum absolute atomic E-state index is 0.00176. The number of aromatic nitrogens is 2. The molecule has 1 aromatic rings. The SMILES string of the molecule is O=C(O)c1ncc(C2CCOC2)[nH]1. The van der Waals surface area contributed by atoms with Crippen molar-refractivity contribution in [2.45, 2.75) is 12.3 Å². The predicted octanol–water partition coefficient (Wildman–Crippen LogP) is 0.612. The third-order valence-corrected chi connectivity index (χ3v) is 2.17. The van der Waals surface area contributed by atoms with Gasteiger partial charge in [-0.3, -0.25) is 0 Å². The molecule has 70 valence electrons. The Bertz CT molecular complexity index is 315. The van der Waals surface area contributed by atoms with Crippen LogP contribution in [-0.4, -0.2) is 34.3 Å². The van der Waals surface area contributed by atoms with Gasteiger partial charge in [-0.05, 0) is 6.42 Å². The van der Waals surface area contributed by atoms with Crippen LogP contribution in [0.2, 0.25) is 0 Å². The van der Waals surface area contributed by atoms with E-state index in [4.69, 9.17) is 9.84 Å². The lowest BCUT2D eigenvalue weighted by Crippen LogP contribution is -2.01. The molecule has 0 saturated carbocycles. The number of carboxylic acids is 1. The lowest BCUT2D eigenvalue weighted by molar-refractivity contribution is 0.0684. The van der Waals surface area contributed by atoms with Crippen LogP contribution in [0.15, 0.2) is 6.20 Å². The van der Waals surface area contributed by atoms with Gasteiger partial charge < -0.3 is 14.8 Å². The first-order valence-electron chi connectivity index (χ1n) is 4.13. The largest absolute Gasteiger partial charge is 0.475 e. The number of nitrogens with one attached hydrogen (secondary N) is 1. The first-order chi connectivity index (χ1) is 6.27. The average molecular weight is 182 g/mol. The summed E-state index contributed by atoms with van der Waals surface area (Å²) in [6.45, 7) is 1.40. The molecule has 1 fully saturated rings. The van der Waals surface area contributed by atoms with Crippen LogP contribution in [0.1, 0.15) is 28.7 Å². The highest BCUT2D eigenvalue weighted by Crippen LogP contribution is 2.23. The summed E-state index contributed by atoms with van der Waals surface area (Å²) in [6, 6.07) is 0. The minimum Gasteiger partial charge on any atom is -0.475 e. The monoisotopic (exact) mass is 182 g/mol. The van der Waals surface area contributed by atoms with Gasteiger partial charge in [-0.15, -0.1) is 0 Å². The first-order valence-corrected chi connectivity index (χ1v) is 4.13. The molecule has 0 radical (unpaired) electrons. The third kappa shape index (κ3) is 1.55. The van der Waals surface area contributed by atoms with Crippen molar-refractivity contribution in [2.24, 2.45) is 0 Å². The Labute approximate surface area is 74.7 Å². The Morgan fingerprint density at radius 1 is 1.77 bits per heavy atom. The van der Waals surface area contributed by atoms with Crippen LogP contribution in [0.5, 0.6) is 0 Å². The number of carboxylic acid groups (broad SMARTS) is 1. The fourth-order valence-corrected chi connectivity index (χ4v) is 1.43. The highest BCUT2D eigenvalue weighted by molar-refractivity contribution is 5.83. The number of imidazole rings is 1. The Hall–Kier alpha value is -1.36. The van der Waals surface area contributed by atoms with E-state index in [1.54, 1.807) is 6.20 Å². The van der Waals surface area contributed by atoms with Crippen LogP contribution in [0, 0.1) is 0 Å². The predicted molar refractivity (Wildman–Crippen MR) is 43.7 cm³/mol. The number of ether oxygens (including phenoxy) is 1. The minimum atomic E-state index is -1.02. The quantitative estimate of drug-likeness (QED) is 0.702. The van der Waals surface area contributed by atoms with Crippen molar-refractivity contribution < 1.29 is 14.6 Å². The second-order valence-electron chi connectivity index (χ2n) is 3.05. The summed E-state index contributed by atoms with van der Waals surface area (Å²) in [5.41, 5.74) is 0.856. The maximum absolute atomic E-state index is 10.5. The third-order valence-electron chi connectivity index (χ3n) is 2.17. The molecule has 1 saturated heterocycles. The van der Waals surface area contributed by atoms with Gasteiger partial charge in [0, 0.05) is 24.4 Å². The summed E-state index contributed by atoms with van der Waals surface area (Å²) in [6.07, 6.45) is 2.50.